The van der Waals surface area contributed by atoms with Crippen molar-refractivity contribution in [2.75, 3.05) is 26.2 Å². The van der Waals surface area contributed by atoms with Crippen LogP contribution < -0.4 is 0 Å². The number of carbonyl (C=O) groups is 2. The number of aryl methyl sites for hydroxylation is 2. The highest BCUT2D eigenvalue weighted by Crippen LogP contribution is 2.32. The number of nitrogens with zero attached hydrogens (tertiary/aromatic N) is 2. The Morgan fingerprint density at radius 2 is 1.73 bits per heavy atom. The van der Waals surface area contributed by atoms with E-state index in [9.17, 15) is 19.8 Å². The molecule has 2 aliphatic heterocycles. The minimum Gasteiger partial charge on any atom is -0.481 e. The third-order valence-corrected chi connectivity index (χ3v) is 5.81. The van der Waals surface area contributed by atoms with Gasteiger partial charge in [0.2, 0.25) is 0 Å². The Balaban J connectivity index is 1.78. The summed E-state index contributed by atoms with van der Waals surface area (Å²) >= 11 is 0. The fourth-order valence-electron chi connectivity index (χ4n) is 3.95. The number of piperidine rings is 2. The van der Waals surface area contributed by atoms with Gasteiger partial charge in [0, 0.05) is 32.1 Å². The minimum atomic E-state index is -0.842. The number of likely N-dealkylation sites (tertiary alicyclic amines) is 2. The third kappa shape index (κ3) is 4.01. The molecule has 2 saturated heterocycles. The fourth-order valence-corrected chi connectivity index (χ4v) is 3.95. The summed E-state index contributed by atoms with van der Waals surface area (Å²) in [5.41, 5.74) is 3.49. The van der Waals surface area contributed by atoms with Crippen LogP contribution in [0.3, 0.4) is 0 Å². The molecule has 2 amide bonds. The molecule has 142 valence electrons. The first kappa shape index (κ1) is 18.7. The number of rotatable bonds is 2. The monoisotopic (exact) mass is 360 g/mol. The van der Waals surface area contributed by atoms with Crippen LogP contribution in [0.15, 0.2) is 18.2 Å². The normalized spacial score (nSPS) is 24.6. The summed E-state index contributed by atoms with van der Waals surface area (Å²) in [5.74, 6) is -1.36. The van der Waals surface area contributed by atoms with E-state index in [1.54, 1.807) is 9.80 Å². The Hall–Kier alpha value is -2.08. The summed E-state index contributed by atoms with van der Waals surface area (Å²) in [5, 5.41) is 19.2. The molecule has 2 heterocycles. The number of carboxylic acid groups (broad SMARTS) is 1. The Kier molecular flexibility index (Phi) is 5.51. The Labute approximate surface area is 154 Å². The lowest BCUT2D eigenvalue weighted by atomic mass is 9.83. The van der Waals surface area contributed by atoms with Crippen LogP contribution in [0, 0.1) is 19.8 Å². The zero-order valence-corrected chi connectivity index (χ0v) is 15.5. The number of hydrogen-bond donors (Lipinski definition) is 2. The summed E-state index contributed by atoms with van der Waals surface area (Å²) < 4.78 is 0. The van der Waals surface area contributed by atoms with Gasteiger partial charge < -0.3 is 20.0 Å². The molecule has 2 atom stereocenters. The standard InChI is InChI=1S/C20H28N2O4/c1-13-3-4-15(9-14(13)2)16-10-17(19(24)25)12-22(11-16)20(26)21-7-5-18(23)6-8-21/h3-4,9,16-18,23H,5-8,10-12H2,1-2H3,(H,24,25). The van der Waals surface area contributed by atoms with Crippen LogP contribution in [0.5, 0.6) is 0 Å². The van der Waals surface area contributed by atoms with Crippen molar-refractivity contribution in [3.8, 4) is 0 Å². The second-order valence-electron chi connectivity index (χ2n) is 7.72. The maximum Gasteiger partial charge on any atom is 0.320 e. The van der Waals surface area contributed by atoms with Gasteiger partial charge in [-0.15, -0.1) is 0 Å². The van der Waals surface area contributed by atoms with Crippen molar-refractivity contribution in [1.29, 1.82) is 0 Å². The van der Waals surface area contributed by atoms with Crippen LogP contribution in [-0.4, -0.2) is 64.3 Å². The molecule has 2 N–H and O–H groups in total. The lowest BCUT2D eigenvalue weighted by Gasteiger charge is -2.40. The van der Waals surface area contributed by atoms with Gasteiger partial charge in [0.1, 0.15) is 0 Å². The Morgan fingerprint density at radius 3 is 2.35 bits per heavy atom. The molecule has 0 saturated carbocycles. The highest BCUT2D eigenvalue weighted by molar-refractivity contribution is 5.77. The number of hydrogen-bond acceptors (Lipinski definition) is 3. The maximum absolute atomic E-state index is 12.9. The van der Waals surface area contributed by atoms with E-state index in [1.807, 2.05) is 0 Å². The van der Waals surface area contributed by atoms with E-state index in [2.05, 4.69) is 32.0 Å². The fraction of sp³-hybridized carbons (Fsp3) is 0.600. The van der Waals surface area contributed by atoms with Crippen molar-refractivity contribution in [1.82, 2.24) is 9.80 Å². The van der Waals surface area contributed by atoms with Crippen molar-refractivity contribution in [3.05, 3.63) is 34.9 Å². The molecule has 0 bridgehead atoms. The Bertz CT molecular complexity index is 682. The largest absolute Gasteiger partial charge is 0.481 e. The predicted molar refractivity (Wildman–Crippen MR) is 98.2 cm³/mol. The quantitative estimate of drug-likeness (QED) is 0.848. The summed E-state index contributed by atoms with van der Waals surface area (Å²) in [6.45, 7) is 5.97. The molecule has 1 aromatic carbocycles. The summed E-state index contributed by atoms with van der Waals surface area (Å²) in [7, 11) is 0. The topological polar surface area (TPSA) is 81.1 Å². The van der Waals surface area contributed by atoms with Gasteiger partial charge in [-0.05, 0) is 49.8 Å². The Morgan fingerprint density at radius 1 is 1.04 bits per heavy atom. The van der Waals surface area contributed by atoms with E-state index in [0.29, 0.717) is 38.9 Å². The maximum atomic E-state index is 12.9. The molecular formula is C20H28N2O4. The van der Waals surface area contributed by atoms with Gasteiger partial charge in [0.05, 0.1) is 12.0 Å². The number of benzene rings is 1. The molecule has 0 aliphatic carbocycles. The second-order valence-corrected chi connectivity index (χ2v) is 7.72. The van der Waals surface area contributed by atoms with Gasteiger partial charge in [-0.1, -0.05) is 18.2 Å². The van der Waals surface area contributed by atoms with Gasteiger partial charge in [-0.3, -0.25) is 4.79 Å². The second kappa shape index (κ2) is 7.66. The average Bonchev–Trinajstić information content (AvgIpc) is 2.63. The molecule has 0 aromatic heterocycles. The molecule has 6 heteroatoms. The highest BCUT2D eigenvalue weighted by Gasteiger charge is 2.36. The van der Waals surface area contributed by atoms with Gasteiger partial charge >= 0.3 is 12.0 Å². The molecule has 6 nitrogen and oxygen atoms in total. The minimum absolute atomic E-state index is 0.0310. The molecule has 0 spiro atoms. The zero-order chi connectivity index (χ0) is 18.8. The van der Waals surface area contributed by atoms with Crippen molar-refractivity contribution < 1.29 is 19.8 Å². The van der Waals surface area contributed by atoms with Crippen LogP contribution in [0.25, 0.3) is 0 Å². The predicted octanol–water partition coefficient (Wildman–Crippen LogP) is 2.37. The van der Waals surface area contributed by atoms with E-state index in [4.69, 9.17) is 0 Å². The van der Waals surface area contributed by atoms with Crippen molar-refractivity contribution in [2.24, 2.45) is 5.92 Å². The zero-order valence-electron chi connectivity index (χ0n) is 15.5. The number of urea groups is 1. The van der Waals surface area contributed by atoms with Crippen LogP contribution >= 0.6 is 0 Å². The van der Waals surface area contributed by atoms with Crippen molar-refractivity contribution in [2.45, 2.75) is 45.1 Å². The molecule has 26 heavy (non-hydrogen) atoms. The third-order valence-electron chi connectivity index (χ3n) is 5.81. The van der Waals surface area contributed by atoms with E-state index in [-0.39, 0.29) is 24.6 Å². The number of carbonyl (C=O) groups excluding carboxylic acids is 1. The van der Waals surface area contributed by atoms with Crippen molar-refractivity contribution >= 4 is 12.0 Å². The van der Waals surface area contributed by atoms with Crippen LogP contribution in [0.2, 0.25) is 0 Å². The van der Waals surface area contributed by atoms with E-state index in [1.165, 1.54) is 11.1 Å². The molecular weight excluding hydrogens is 332 g/mol. The summed E-state index contributed by atoms with van der Waals surface area (Å²) in [4.78, 5) is 28.0. The number of aliphatic carboxylic acids is 1. The number of amides is 2. The lowest BCUT2D eigenvalue weighted by molar-refractivity contribution is -0.143. The number of aliphatic hydroxyl groups excluding tert-OH is 1. The SMILES string of the molecule is Cc1ccc(C2CC(C(=O)O)CN(C(=O)N3CCC(O)CC3)C2)cc1C. The van der Waals surface area contributed by atoms with E-state index >= 15 is 0 Å². The smallest absolute Gasteiger partial charge is 0.320 e. The molecule has 3 rings (SSSR count). The lowest BCUT2D eigenvalue weighted by Crippen LogP contribution is -2.52. The molecule has 2 unspecified atom stereocenters. The van der Waals surface area contributed by atoms with Gasteiger partial charge in [-0.25, -0.2) is 4.79 Å². The van der Waals surface area contributed by atoms with E-state index < -0.39 is 11.9 Å². The molecule has 1 aromatic rings. The highest BCUT2D eigenvalue weighted by atomic mass is 16.4. The first-order chi connectivity index (χ1) is 12.3. The average molecular weight is 360 g/mol. The summed E-state index contributed by atoms with van der Waals surface area (Å²) in [6, 6.07) is 6.13. The number of aliphatic hydroxyl groups is 1. The molecule has 2 fully saturated rings. The molecule has 2 aliphatic rings. The number of carboxylic acids is 1. The van der Waals surface area contributed by atoms with Gasteiger partial charge in [-0.2, -0.15) is 0 Å². The summed E-state index contributed by atoms with van der Waals surface area (Å²) in [6.07, 6.45) is 1.39. The van der Waals surface area contributed by atoms with Gasteiger partial charge in [0.25, 0.3) is 0 Å². The van der Waals surface area contributed by atoms with Crippen LogP contribution in [0.4, 0.5) is 4.79 Å². The van der Waals surface area contributed by atoms with Crippen LogP contribution in [-0.2, 0) is 4.79 Å². The van der Waals surface area contributed by atoms with Gasteiger partial charge in [0.15, 0.2) is 0 Å². The van der Waals surface area contributed by atoms with E-state index in [0.717, 1.165) is 5.56 Å². The molecule has 0 radical (unpaired) electrons. The first-order valence-electron chi connectivity index (χ1n) is 9.37. The first-order valence-corrected chi connectivity index (χ1v) is 9.37. The van der Waals surface area contributed by atoms with Crippen LogP contribution in [0.1, 0.15) is 41.9 Å². The van der Waals surface area contributed by atoms with Crippen molar-refractivity contribution in [3.63, 3.8) is 0 Å².